The van der Waals surface area contributed by atoms with Crippen LogP contribution in [0.15, 0.2) is 60.7 Å². The van der Waals surface area contributed by atoms with Crippen LogP contribution < -0.4 is 16.4 Å². The molecule has 0 saturated carbocycles. The Bertz CT molecular complexity index is 1900. The lowest BCUT2D eigenvalue weighted by atomic mass is 9.97. The smallest absolute Gasteiger partial charge is 0.408 e. The van der Waals surface area contributed by atoms with Gasteiger partial charge in [-0.1, -0.05) is 36.4 Å². The van der Waals surface area contributed by atoms with Gasteiger partial charge in [-0.2, -0.15) is 0 Å². The molecule has 0 unspecified atom stereocenters. The quantitative estimate of drug-likeness (QED) is 0.115. The minimum Gasteiger partial charge on any atom is -0.465 e. The van der Waals surface area contributed by atoms with Crippen molar-refractivity contribution in [1.82, 2.24) is 25.5 Å². The first-order valence-electron chi connectivity index (χ1n) is 16.1. The SMILES string of the molecule is CC(C)(C)OC(=O)N[C@@H](CCCCNC(=O)O)C(=O)OCc1ccc(F)cc1-c1ccc2nc(N)nc(C(=O)N3Cc4ccccc4C3)c2c1. The molecule has 1 aliphatic rings. The van der Waals surface area contributed by atoms with Gasteiger partial charge < -0.3 is 35.8 Å². The van der Waals surface area contributed by atoms with Crippen molar-refractivity contribution >= 4 is 40.9 Å². The van der Waals surface area contributed by atoms with E-state index >= 15 is 0 Å². The third kappa shape index (κ3) is 9.01. The van der Waals surface area contributed by atoms with Gasteiger partial charge in [0.05, 0.1) is 5.52 Å². The number of alkyl carbamates (subject to hydrolysis) is 1. The van der Waals surface area contributed by atoms with Gasteiger partial charge in [-0.05, 0) is 92.1 Å². The van der Waals surface area contributed by atoms with Crippen LogP contribution >= 0.6 is 0 Å². The van der Waals surface area contributed by atoms with E-state index in [9.17, 15) is 23.6 Å². The average molecular weight is 687 g/mol. The number of aromatic nitrogens is 2. The number of nitrogens with one attached hydrogen (secondary N) is 2. The second-order valence-corrected chi connectivity index (χ2v) is 12.9. The van der Waals surface area contributed by atoms with E-state index < -0.39 is 35.6 Å². The van der Waals surface area contributed by atoms with E-state index in [4.69, 9.17) is 20.3 Å². The number of ether oxygens (including phenoxy) is 2. The summed E-state index contributed by atoms with van der Waals surface area (Å²) in [4.78, 5) is 60.6. The van der Waals surface area contributed by atoms with Gasteiger partial charge in [-0.3, -0.25) is 4.79 Å². The minimum atomic E-state index is -1.16. The van der Waals surface area contributed by atoms with Gasteiger partial charge >= 0.3 is 18.2 Å². The number of carbonyl (C=O) groups excluding carboxylic acids is 3. The lowest BCUT2D eigenvalue weighted by Gasteiger charge is -2.23. The number of halogens is 1. The molecule has 0 fully saturated rings. The molecule has 3 amide bonds. The van der Waals surface area contributed by atoms with Crippen molar-refractivity contribution in [2.75, 3.05) is 12.3 Å². The summed E-state index contributed by atoms with van der Waals surface area (Å²) in [5.41, 5.74) is 9.20. The van der Waals surface area contributed by atoms with Crippen LogP contribution in [0.4, 0.5) is 19.9 Å². The highest BCUT2D eigenvalue weighted by molar-refractivity contribution is 6.06. The number of amides is 3. The van der Waals surface area contributed by atoms with Crippen LogP contribution in [-0.4, -0.2) is 62.2 Å². The van der Waals surface area contributed by atoms with E-state index in [-0.39, 0.29) is 37.1 Å². The van der Waals surface area contributed by atoms with Crippen molar-refractivity contribution in [3.05, 3.63) is 88.9 Å². The Morgan fingerprint density at radius 3 is 2.40 bits per heavy atom. The molecule has 13 nitrogen and oxygen atoms in total. The molecule has 0 saturated heterocycles. The summed E-state index contributed by atoms with van der Waals surface area (Å²) in [6.07, 6.45) is -1.01. The van der Waals surface area contributed by atoms with Crippen LogP contribution in [-0.2, 0) is 34.0 Å². The molecule has 50 heavy (non-hydrogen) atoms. The molecule has 262 valence electrons. The predicted molar refractivity (Wildman–Crippen MR) is 182 cm³/mol. The topological polar surface area (TPSA) is 186 Å². The van der Waals surface area contributed by atoms with Crippen molar-refractivity contribution in [2.45, 2.75) is 71.4 Å². The van der Waals surface area contributed by atoms with Crippen LogP contribution in [0.25, 0.3) is 22.0 Å². The molecule has 0 aliphatic carbocycles. The fraction of sp³-hybridized carbons (Fsp3) is 0.333. The molecule has 1 atom stereocenters. The molecular weight excluding hydrogens is 647 g/mol. The Balaban J connectivity index is 1.37. The Morgan fingerprint density at radius 2 is 1.72 bits per heavy atom. The molecule has 0 spiro atoms. The van der Waals surface area contributed by atoms with Crippen LogP contribution in [0.2, 0.25) is 0 Å². The molecule has 14 heteroatoms. The fourth-order valence-corrected chi connectivity index (χ4v) is 5.66. The van der Waals surface area contributed by atoms with Gasteiger partial charge in [0.15, 0.2) is 0 Å². The number of fused-ring (bicyclic) bond motifs is 2. The van der Waals surface area contributed by atoms with Crippen LogP contribution in [0.5, 0.6) is 0 Å². The molecule has 5 rings (SSSR count). The van der Waals surface area contributed by atoms with E-state index in [0.717, 1.165) is 11.1 Å². The maximum absolute atomic E-state index is 14.7. The van der Waals surface area contributed by atoms with E-state index in [1.807, 2.05) is 24.3 Å². The first-order chi connectivity index (χ1) is 23.8. The molecule has 5 N–H and O–H groups in total. The predicted octanol–water partition coefficient (Wildman–Crippen LogP) is 5.55. The number of hydrogen-bond donors (Lipinski definition) is 4. The highest BCUT2D eigenvalue weighted by Crippen LogP contribution is 2.31. The minimum absolute atomic E-state index is 0.0589. The van der Waals surface area contributed by atoms with E-state index in [0.29, 0.717) is 53.5 Å². The van der Waals surface area contributed by atoms with Gasteiger partial charge in [0.25, 0.3) is 5.91 Å². The summed E-state index contributed by atoms with van der Waals surface area (Å²) in [5.74, 6) is -1.67. The highest BCUT2D eigenvalue weighted by atomic mass is 19.1. The van der Waals surface area contributed by atoms with Crippen LogP contribution in [0.3, 0.4) is 0 Å². The molecular formula is C36H39FN6O7. The van der Waals surface area contributed by atoms with Crippen molar-refractivity contribution in [3.8, 4) is 11.1 Å². The summed E-state index contributed by atoms with van der Waals surface area (Å²) in [6, 6.07) is 15.8. The van der Waals surface area contributed by atoms with Crippen molar-refractivity contribution in [2.24, 2.45) is 0 Å². The zero-order valence-electron chi connectivity index (χ0n) is 28.0. The average Bonchev–Trinajstić information content (AvgIpc) is 3.49. The number of esters is 1. The maximum Gasteiger partial charge on any atom is 0.408 e. The Kier molecular flexibility index (Phi) is 10.8. The van der Waals surface area contributed by atoms with Gasteiger partial charge in [0.2, 0.25) is 5.95 Å². The normalized spacial score (nSPS) is 13.0. The molecule has 0 bridgehead atoms. The lowest BCUT2D eigenvalue weighted by molar-refractivity contribution is -0.147. The number of carbonyl (C=O) groups is 4. The Labute approximate surface area is 288 Å². The van der Waals surface area contributed by atoms with Gasteiger partial charge in [-0.15, -0.1) is 0 Å². The molecule has 1 aromatic heterocycles. The lowest BCUT2D eigenvalue weighted by Crippen LogP contribution is -2.44. The second kappa shape index (κ2) is 15.2. The summed E-state index contributed by atoms with van der Waals surface area (Å²) in [7, 11) is 0. The summed E-state index contributed by atoms with van der Waals surface area (Å²) < 4.78 is 25.6. The summed E-state index contributed by atoms with van der Waals surface area (Å²) in [6.45, 7) is 5.80. The number of nitrogens with two attached hydrogens (primary N) is 1. The molecule has 2 heterocycles. The van der Waals surface area contributed by atoms with Crippen molar-refractivity contribution in [3.63, 3.8) is 0 Å². The number of rotatable bonds is 11. The zero-order valence-corrected chi connectivity index (χ0v) is 28.0. The number of unbranched alkanes of at least 4 members (excludes halogenated alkanes) is 1. The first-order valence-corrected chi connectivity index (χ1v) is 16.1. The molecule has 1 aliphatic heterocycles. The highest BCUT2D eigenvalue weighted by Gasteiger charge is 2.28. The standard InChI is InChI=1S/C36H39FN6O7/c1-36(2,3)50-35(48)41-29(10-6-7-15-39-34(46)47)32(45)49-20-24-11-13-25(37)17-26(24)21-12-14-28-27(16-21)30(42-33(38)40-28)31(44)43-18-22-8-4-5-9-23(22)19-43/h4-5,8-9,11-14,16-17,29,39H,6-7,10,15,18-20H2,1-3H3,(H,41,48)(H,46,47)(H2,38,40,42)/t29-/m0/s1. The van der Waals surface area contributed by atoms with Crippen molar-refractivity contribution in [1.29, 1.82) is 0 Å². The van der Waals surface area contributed by atoms with Gasteiger partial charge in [0, 0.05) is 25.0 Å². The third-order valence-electron chi connectivity index (χ3n) is 7.97. The summed E-state index contributed by atoms with van der Waals surface area (Å²) >= 11 is 0. The maximum atomic E-state index is 14.7. The number of benzene rings is 3. The largest absolute Gasteiger partial charge is 0.465 e. The molecule has 4 aromatic rings. The van der Waals surface area contributed by atoms with Gasteiger partial charge in [0.1, 0.15) is 29.8 Å². The van der Waals surface area contributed by atoms with E-state index in [1.54, 1.807) is 43.9 Å². The second-order valence-electron chi connectivity index (χ2n) is 12.9. The molecule has 0 radical (unpaired) electrons. The van der Waals surface area contributed by atoms with Crippen LogP contribution in [0, 0.1) is 5.82 Å². The monoisotopic (exact) mass is 686 g/mol. The third-order valence-corrected chi connectivity index (χ3v) is 7.97. The number of nitrogen functional groups attached to an aromatic ring is 1. The number of anilines is 1. The van der Waals surface area contributed by atoms with E-state index in [2.05, 4.69) is 20.6 Å². The first kappa shape index (κ1) is 35.5. The van der Waals surface area contributed by atoms with Crippen molar-refractivity contribution < 1.29 is 38.1 Å². The zero-order chi connectivity index (χ0) is 36.0. The summed E-state index contributed by atoms with van der Waals surface area (Å²) in [5, 5.41) is 14.0. The van der Waals surface area contributed by atoms with E-state index in [1.165, 1.54) is 18.2 Å². The van der Waals surface area contributed by atoms with Gasteiger partial charge in [-0.25, -0.2) is 28.7 Å². The van der Waals surface area contributed by atoms with Crippen LogP contribution in [0.1, 0.15) is 67.2 Å². The Morgan fingerprint density at radius 1 is 1.00 bits per heavy atom. The number of nitrogens with zero attached hydrogens (tertiary/aromatic N) is 3. The molecule has 3 aromatic carbocycles. The number of carboxylic acid groups (broad SMARTS) is 1. The Hall–Kier alpha value is -5.79. The number of hydrogen-bond acceptors (Lipinski definition) is 9. The fourth-order valence-electron chi connectivity index (χ4n) is 5.66.